The minimum atomic E-state index is -1.04. The molecule has 184 valence electrons. The Morgan fingerprint density at radius 1 is 0.267 bits per heavy atom. The van der Waals surface area contributed by atoms with Gasteiger partial charge >= 0.3 is 194 Å². The zero-order valence-corrected chi connectivity index (χ0v) is 23.2. The second kappa shape index (κ2) is 24.1. The van der Waals surface area contributed by atoms with E-state index in [-0.39, 0.29) is 0 Å². The van der Waals surface area contributed by atoms with Crippen LogP contribution in [-0.4, -0.2) is 24.6 Å². The Balaban J connectivity index is 4.58. The van der Waals surface area contributed by atoms with E-state index in [1.54, 1.807) is 50.3 Å². The number of unbranched alkanes of at least 4 members (excludes halogenated alkanes) is 17. The fraction of sp³-hybridized carbons (Fsp3) is 1.00. The van der Waals surface area contributed by atoms with Crippen molar-refractivity contribution in [3.05, 3.63) is 0 Å². The van der Waals surface area contributed by atoms with E-state index in [0.717, 1.165) is 0 Å². The first-order valence-electron chi connectivity index (χ1n) is 14.7. The molecule has 0 N–H and O–H groups in total. The quantitative estimate of drug-likeness (QED) is 0.0973. The van der Waals surface area contributed by atoms with Crippen molar-refractivity contribution in [2.45, 2.75) is 163 Å². The molecule has 0 heterocycles. The standard InChI is InChI=1S/C29H63P/c1-5-9-13-17-18-19-21-25-29-30(26-22-15-11-7-3,27-23-16-12-8-4)28-24-20-14-10-6-2/h30H,5-29H2,1-4H3. The van der Waals surface area contributed by atoms with Crippen LogP contribution in [0.2, 0.25) is 0 Å². The van der Waals surface area contributed by atoms with Gasteiger partial charge in [0.05, 0.1) is 0 Å². The van der Waals surface area contributed by atoms with Gasteiger partial charge in [0.15, 0.2) is 0 Å². The maximum absolute atomic E-state index is 2.36. The van der Waals surface area contributed by atoms with Crippen molar-refractivity contribution >= 4 is 7.26 Å². The molecule has 0 aliphatic rings. The van der Waals surface area contributed by atoms with E-state index in [0.29, 0.717) is 0 Å². The summed E-state index contributed by atoms with van der Waals surface area (Å²) in [6.45, 7) is 9.41. The van der Waals surface area contributed by atoms with Crippen LogP contribution in [0.5, 0.6) is 0 Å². The minimum absolute atomic E-state index is 1.04. The molecule has 0 saturated heterocycles. The zero-order valence-electron chi connectivity index (χ0n) is 22.2. The van der Waals surface area contributed by atoms with Crippen LogP contribution in [-0.2, 0) is 0 Å². The van der Waals surface area contributed by atoms with Gasteiger partial charge in [-0.25, -0.2) is 0 Å². The molecule has 0 aromatic carbocycles. The van der Waals surface area contributed by atoms with E-state index in [1.807, 2.05) is 0 Å². The molecule has 0 fully saturated rings. The summed E-state index contributed by atoms with van der Waals surface area (Å²) in [5, 5.41) is 0. The number of rotatable bonds is 25. The third kappa shape index (κ3) is 19.1. The zero-order chi connectivity index (χ0) is 22.2. The van der Waals surface area contributed by atoms with Crippen molar-refractivity contribution in [2.75, 3.05) is 24.6 Å². The third-order valence-corrected chi connectivity index (χ3v) is 13.1. The Morgan fingerprint density at radius 2 is 0.467 bits per heavy atom. The van der Waals surface area contributed by atoms with Crippen molar-refractivity contribution in [3.63, 3.8) is 0 Å². The van der Waals surface area contributed by atoms with Gasteiger partial charge in [-0.15, -0.1) is 0 Å². The Bertz CT molecular complexity index is 299. The summed E-state index contributed by atoms with van der Waals surface area (Å²) in [5.74, 6) is 0. The second-order valence-electron chi connectivity index (χ2n) is 10.5. The Hall–Kier alpha value is 0.430. The van der Waals surface area contributed by atoms with Gasteiger partial charge in [-0.1, -0.05) is 0 Å². The predicted molar refractivity (Wildman–Crippen MR) is 147 cm³/mol. The van der Waals surface area contributed by atoms with E-state index in [4.69, 9.17) is 0 Å². The van der Waals surface area contributed by atoms with Crippen LogP contribution in [0.25, 0.3) is 0 Å². The Morgan fingerprint density at radius 3 is 0.733 bits per heavy atom. The summed E-state index contributed by atoms with van der Waals surface area (Å²) in [5.41, 5.74) is 0. The molecule has 0 radical (unpaired) electrons. The molecule has 0 aliphatic heterocycles. The topological polar surface area (TPSA) is 0 Å². The summed E-state index contributed by atoms with van der Waals surface area (Å²) in [7, 11) is -1.04. The summed E-state index contributed by atoms with van der Waals surface area (Å²) in [4.78, 5) is 0. The molecule has 0 nitrogen and oxygen atoms in total. The van der Waals surface area contributed by atoms with Crippen molar-refractivity contribution in [3.8, 4) is 0 Å². The van der Waals surface area contributed by atoms with E-state index < -0.39 is 7.26 Å². The monoisotopic (exact) mass is 442 g/mol. The van der Waals surface area contributed by atoms with Gasteiger partial charge in [-0.3, -0.25) is 0 Å². The van der Waals surface area contributed by atoms with Crippen LogP contribution in [0.4, 0.5) is 0 Å². The first-order valence-corrected chi connectivity index (χ1v) is 17.6. The predicted octanol–water partition coefficient (Wildman–Crippen LogP) is 11.0. The average molecular weight is 443 g/mol. The van der Waals surface area contributed by atoms with Crippen molar-refractivity contribution in [1.82, 2.24) is 0 Å². The number of hydrogen-bond donors (Lipinski definition) is 0. The second-order valence-corrected chi connectivity index (χ2v) is 15.5. The van der Waals surface area contributed by atoms with Crippen LogP contribution >= 0.6 is 7.26 Å². The Kier molecular flexibility index (Phi) is 24.4. The molecule has 0 bridgehead atoms. The summed E-state index contributed by atoms with van der Waals surface area (Å²) >= 11 is 0. The Labute approximate surface area is 194 Å². The molecule has 0 saturated carbocycles. The van der Waals surface area contributed by atoms with Crippen LogP contribution in [0.1, 0.15) is 163 Å². The van der Waals surface area contributed by atoms with Crippen LogP contribution in [0, 0.1) is 0 Å². The molecule has 1 heteroatoms. The first-order chi connectivity index (χ1) is 14.7. The molecule has 0 amide bonds. The summed E-state index contributed by atoms with van der Waals surface area (Å²) < 4.78 is 0. The molecule has 30 heavy (non-hydrogen) atoms. The number of hydrogen-bond acceptors (Lipinski definition) is 0. The first kappa shape index (κ1) is 30.4. The summed E-state index contributed by atoms with van der Waals surface area (Å²) in [6, 6.07) is 0. The van der Waals surface area contributed by atoms with Gasteiger partial charge in [0.2, 0.25) is 0 Å². The van der Waals surface area contributed by atoms with Gasteiger partial charge < -0.3 is 0 Å². The van der Waals surface area contributed by atoms with Crippen molar-refractivity contribution in [2.24, 2.45) is 0 Å². The van der Waals surface area contributed by atoms with E-state index in [9.17, 15) is 0 Å². The van der Waals surface area contributed by atoms with Gasteiger partial charge in [-0.05, 0) is 0 Å². The fourth-order valence-electron chi connectivity index (χ4n) is 5.34. The van der Waals surface area contributed by atoms with Gasteiger partial charge in [-0.2, -0.15) is 0 Å². The van der Waals surface area contributed by atoms with Gasteiger partial charge in [0.25, 0.3) is 0 Å². The van der Waals surface area contributed by atoms with E-state index in [1.165, 1.54) is 109 Å². The van der Waals surface area contributed by atoms with Crippen LogP contribution in [0.15, 0.2) is 0 Å². The maximum atomic E-state index is 2.36. The molecule has 0 aromatic rings. The third-order valence-electron chi connectivity index (χ3n) is 7.49. The normalized spacial score (nSPS) is 12.5. The van der Waals surface area contributed by atoms with E-state index >= 15 is 0 Å². The van der Waals surface area contributed by atoms with Crippen LogP contribution in [0.3, 0.4) is 0 Å². The summed E-state index contributed by atoms with van der Waals surface area (Å²) in [6.07, 6.45) is 37.8. The molecular formula is C29H63P. The SMILES string of the molecule is CCCCCCCCCC[PH](CCCCCC)(CCCCCC)CCCCCCC. The molecule has 0 unspecified atom stereocenters. The van der Waals surface area contributed by atoms with Crippen LogP contribution < -0.4 is 0 Å². The molecule has 0 spiro atoms. The van der Waals surface area contributed by atoms with Gasteiger partial charge in [0.1, 0.15) is 0 Å². The molecular weight excluding hydrogens is 379 g/mol. The van der Waals surface area contributed by atoms with Gasteiger partial charge in [0, 0.05) is 0 Å². The van der Waals surface area contributed by atoms with E-state index in [2.05, 4.69) is 27.7 Å². The molecule has 0 atom stereocenters. The molecule has 0 aliphatic carbocycles. The molecule has 0 aromatic heterocycles. The average Bonchev–Trinajstić information content (AvgIpc) is 2.76. The van der Waals surface area contributed by atoms with Crippen molar-refractivity contribution in [1.29, 1.82) is 0 Å². The molecule has 0 rings (SSSR count). The van der Waals surface area contributed by atoms with Crippen molar-refractivity contribution < 1.29 is 0 Å². The fourth-order valence-corrected chi connectivity index (χ4v) is 10.8.